The fourth-order valence-electron chi connectivity index (χ4n) is 8.33. The molecule has 2 aromatic heterocycles. The van der Waals surface area contributed by atoms with Gasteiger partial charge in [-0.2, -0.15) is 12.1 Å². The van der Waals surface area contributed by atoms with Gasteiger partial charge in [-0.15, -0.1) is 42.0 Å². The molecule has 0 unspecified atom stereocenters. The summed E-state index contributed by atoms with van der Waals surface area (Å²) in [5.74, 6) is 1.62. The van der Waals surface area contributed by atoms with Gasteiger partial charge in [0.05, 0.1) is 12.3 Å². The molecule has 0 saturated heterocycles. The van der Waals surface area contributed by atoms with Crippen LogP contribution in [0.15, 0.2) is 200 Å². The summed E-state index contributed by atoms with van der Waals surface area (Å²) in [4.78, 5) is 8.59. The molecule has 1 aliphatic rings. The Morgan fingerprint density at radius 3 is 2.09 bits per heavy atom. The zero-order valence-corrected chi connectivity index (χ0v) is 37.2. The summed E-state index contributed by atoms with van der Waals surface area (Å²) in [7, 11) is 0. The van der Waals surface area contributed by atoms with Crippen molar-refractivity contribution in [3.05, 3.63) is 224 Å². The van der Waals surface area contributed by atoms with Crippen LogP contribution in [0.3, 0.4) is 0 Å². The summed E-state index contributed by atoms with van der Waals surface area (Å²) < 4.78 is 87.4. The second kappa shape index (κ2) is 16.8. The molecule has 8 aromatic carbocycles. The average molecular weight is 1020 g/mol. The van der Waals surface area contributed by atoms with Crippen LogP contribution in [0.4, 0.5) is 22.7 Å². The van der Waals surface area contributed by atoms with Crippen LogP contribution in [0.25, 0.3) is 61.0 Å². The van der Waals surface area contributed by atoms with Crippen molar-refractivity contribution in [3.63, 3.8) is 0 Å². The third-order valence-corrected chi connectivity index (χ3v) is 11.4. The maximum atomic E-state index is 9.08. The van der Waals surface area contributed by atoms with Gasteiger partial charge >= 0.3 is 0 Å². The van der Waals surface area contributed by atoms with Crippen LogP contribution in [0.5, 0.6) is 11.5 Å². The van der Waals surface area contributed by atoms with Crippen LogP contribution in [-0.4, -0.2) is 9.55 Å². The van der Waals surface area contributed by atoms with E-state index in [1.807, 2.05) is 113 Å². The van der Waals surface area contributed by atoms with Crippen molar-refractivity contribution in [1.82, 2.24) is 9.55 Å². The van der Waals surface area contributed by atoms with E-state index in [4.69, 9.17) is 22.1 Å². The van der Waals surface area contributed by atoms with Crippen molar-refractivity contribution in [3.8, 4) is 50.7 Å². The van der Waals surface area contributed by atoms with Crippen molar-refractivity contribution in [2.45, 2.75) is 26.2 Å². The number of anilines is 4. The predicted octanol–water partition coefficient (Wildman–Crippen LogP) is 15.3. The van der Waals surface area contributed by atoms with Crippen molar-refractivity contribution in [1.29, 1.82) is 0 Å². The number of ether oxygens (including phenoxy) is 1. The first-order valence-corrected chi connectivity index (χ1v) is 20.6. The number of fused-ring (bicyclic) bond motifs is 4. The van der Waals surface area contributed by atoms with Crippen molar-refractivity contribution in [2.75, 3.05) is 9.80 Å². The van der Waals surface area contributed by atoms with Gasteiger partial charge in [0.15, 0.2) is 0 Å². The quantitative estimate of drug-likeness (QED) is 0.142. The maximum Gasteiger partial charge on any atom is 0.135 e. The molecule has 5 nitrogen and oxygen atoms in total. The number of aromatic nitrogens is 2. The Kier molecular flexibility index (Phi) is 8.31. The minimum atomic E-state index is -0.539. The monoisotopic (exact) mass is 1020 g/mol. The van der Waals surface area contributed by atoms with Crippen LogP contribution in [-0.2, 0) is 26.5 Å². The fraction of sp³-hybridized carbons (Fsp3) is 0.0690. The average Bonchev–Trinajstić information content (AvgIpc) is 3.94. The van der Waals surface area contributed by atoms with Gasteiger partial charge in [0.25, 0.3) is 0 Å². The first kappa shape index (κ1) is 31.6. The Morgan fingerprint density at radius 1 is 0.594 bits per heavy atom. The summed E-state index contributed by atoms with van der Waals surface area (Å²) in [5, 5.41) is 2.04. The minimum Gasteiger partial charge on any atom is -0.509 e. The van der Waals surface area contributed by atoms with Gasteiger partial charge in [-0.3, -0.25) is 0 Å². The van der Waals surface area contributed by atoms with Gasteiger partial charge in [-0.25, -0.2) is 4.98 Å². The molecular weight excluding hydrogens is 964 g/mol. The molecular formula is C58H43N4OPt-3. The van der Waals surface area contributed by atoms with E-state index in [9.17, 15) is 0 Å². The largest absolute Gasteiger partial charge is 0.509 e. The molecule has 0 amide bonds. The summed E-state index contributed by atoms with van der Waals surface area (Å²) in [6, 6.07) is 47.5. The molecule has 0 bridgehead atoms. The topological polar surface area (TPSA) is 33.5 Å². The Balaban J connectivity index is 0.00000611. The van der Waals surface area contributed by atoms with E-state index in [0.29, 0.717) is 39.8 Å². The van der Waals surface area contributed by atoms with Gasteiger partial charge < -0.3 is 19.1 Å². The maximum absolute atomic E-state index is 9.08. The molecule has 6 heteroatoms. The van der Waals surface area contributed by atoms with Gasteiger partial charge in [-0.1, -0.05) is 177 Å². The molecule has 11 rings (SSSR count). The Morgan fingerprint density at radius 2 is 1.30 bits per heavy atom. The van der Waals surface area contributed by atoms with Gasteiger partial charge in [0.1, 0.15) is 5.82 Å². The summed E-state index contributed by atoms with van der Waals surface area (Å²) in [6.07, 6.45) is 1.84. The van der Waals surface area contributed by atoms with E-state index >= 15 is 0 Å². The van der Waals surface area contributed by atoms with E-state index in [-0.39, 0.29) is 55.3 Å². The summed E-state index contributed by atoms with van der Waals surface area (Å²) >= 11 is 0. The van der Waals surface area contributed by atoms with Crippen molar-refractivity contribution < 1.29 is 38.1 Å². The van der Waals surface area contributed by atoms with Gasteiger partial charge in [-0.05, 0) is 57.8 Å². The van der Waals surface area contributed by atoms with E-state index < -0.39 is 42.3 Å². The third kappa shape index (κ3) is 7.36. The van der Waals surface area contributed by atoms with E-state index in [2.05, 4.69) is 55.7 Å². The van der Waals surface area contributed by atoms with Crippen LogP contribution in [0, 0.1) is 18.8 Å². The van der Waals surface area contributed by atoms with E-state index in [1.165, 1.54) is 6.07 Å². The number of hydrogen-bond acceptors (Lipinski definition) is 4. The first-order valence-electron chi connectivity index (χ1n) is 25.1. The third-order valence-electron chi connectivity index (χ3n) is 11.4. The van der Waals surface area contributed by atoms with Crippen LogP contribution >= 0.6 is 0 Å². The molecule has 0 N–H and O–H groups in total. The van der Waals surface area contributed by atoms with E-state index in [0.717, 1.165) is 44.3 Å². The summed E-state index contributed by atoms with van der Waals surface area (Å²) in [5.41, 5.74) is 7.39. The molecule has 3 heterocycles. The zero-order chi connectivity index (χ0) is 50.3. The van der Waals surface area contributed by atoms with Crippen molar-refractivity contribution in [2.24, 2.45) is 0 Å². The molecule has 1 aliphatic heterocycles. The molecule has 0 fully saturated rings. The SMILES string of the molecule is [2H]c1cc(-c2cccc(-c3c([2H])c([2H])c([2H])c([2H])c3[2H])c2N2[CH-]N(c3[c-]c(Oc4[c-]c5c(cc4)c4ccccc4n5-c4cc(C(C)(C)C)ccn4)c(-c4ccccc4)cc3)c3ccccc32)c([2H])c([2H])c1[2H].[Pt]. The van der Waals surface area contributed by atoms with Gasteiger partial charge in [0, 0.05) is 72.5 Å². The van der Waals surface area contributed by atoms with E-state index in [1.54, 1.807) is 24.9 Å². The molecule has 0 spiro atoms. The normalized spacial score (nSPS) is 14.3. The molecule has 64 heavy (non-hydrogen) atoms. The first-order chi connectivity index (χ1) is 34.6. The van der Waals surface area contributed by atoms with Crippen LogP contribution in [0.2, 0.25) is 0 Å². The Labute approximate surface area is 401 Å². The molecule has 0 atom stereocenters. The molecule has 10 aromatic rings. The fourth-order valence-corrected chi connectivity index (χ4v) is 8.33. The zero-order valence-electron chi connectivity index (χ0n) is 43.9. The Hall–Kier alpha value is -7.20. The Bertz CT molecular complexity index is 3810. The number of hydrogen-bond donors (Lipinski definition) is 0. The van der Waals surface area contributed by atoms with Gasteiger partial charge in [0.2, 0.25) is 0 Å². The second-order valence-electron chi connectivity index (χ2n) is 16.3. The predicted molar refractivity (Wildman–Crippen MR) is 259 cm³/mol. The van der Waals surface area contributed by atoms with Crippen molar-refractivity contribution >= 4 is 44.6 Å². The standard InChI is InChI=1S/C58H43N4O.Pt/c1-58(2,3)43-34-35-59-56(36-43)62-51-27-14-13-24-49(51)50-33-31-45(38-54(50)62)63-55-37-44(30-32-46(55)40-18-7-4-8-19-40)60-39-61(53-29-16-15-28-52(53)60)57-47(41-20-9-5-10-21-41)25-17-26-48(57)42-22-11-6-12-23-42;/h4-36,39H,1-3H3;/q-3;/i5D,6D,9D,10D,11D,12D,20D,21D,22D;. The number of benzene rings is 8. The number of para-hydroxylation sites is 4. The minimum absolute atomic E-state index is 0. The van der Waals surface area contributed by atoms with Crippen LogP contribution < -0.4 is 14.5 Å². The number of pyridine rings is 1. The van der Waals surface area contributed by atoms with Crippen LogP contribution in [0.1, 0.15) is 38.7 Å². The molecule has 0 radical (unpaired) electrons. The molecule has 0 saturated carbocycles. The smallest absolute Gasteiger partial charge is 0.135 e. The second-order valence-corrected chi connectivity index (χ2v) is 16.3. The summed E-state index contributed by atoms with van der Waals surface area (Å²) in [6.45, 7) is 8.34. The molecule has 314 valence electrons. The number of nitrogens with zero attached hydrogens (tertiary/aromatic N) is 4. The molecule has 0 aliphatic carbocycles. The number of rotatable bonds is 8.